The van der Waals surface area contributed by atoms with E-state index in [1.54, 1.807) is 18.3 Å². The van der Waals surface area contributed by atoms with Crippen molar-refractivity contribution >= 4 is 23.4 Å². The standard InChI is InChI=1S/C22H24FN7O/c1-14-21(31)30-9-3-4-18-19(30)20(28(14)2)27-22(26-18)24-10-16-11-25-29(13-16)12-15-5-7-17(23)8-6-15/h5-8,11,13-14H,3-4,9-10,12H2,1-2H3,(H,24,26,27). The van der Waals surface area contributed by atoms with Crippen molar-refractivity contribution in [2.24, 2.45) is 0 Å². The minimum Gasteiger partial charge on any atom is -0.350 e. The zero-order valence-corrected chi connectivity index (χ0v) is 17.5. The van der Waals surface area contributed by atoms with E-state index >= 15 is 0 Å². The Morgan fingerprint density at radius 3 is 2.81 bits per heavy atom. The first-order valence-electron chi connectivity index (χ1n) is 10.4. The summed E-state index contributed by atoms with van der Waals surface area (Å²) in [6.45, 7) is 3.74. The molecule has 0 bridgehead atoms. The number of benzene rings is 1. The third-order valence-electron chi connectivity index (χ3n) is 5.94. The number of nitrogens with zero attached hydrogens (tertiary/aromatic N) is 6. The molecule has 160 valence electrons. The van der Waals surface area contributed by atoms with Crippen molar-refractivity contribution in [1.29, 1.82) is 0 Å². The molecule has 0 saturated carbocycles. The second-order valence-corrected chi connectivity index (χ2v) is 8.07. The normalized spacial score (nSPS) is 17.6. The topological polar surface area (TPSA) is 79.2 Å². The first kappa shape index (κ1) is 19.5. The molecule has 1 aromatic carbocycles. The quantitative estimate of drug-likeness (QED) is 0.682. The average molecular weight is 421 g/mol. The van der Waals surface area contributed by atoms with E-state index in [0.29, 0.717) is 19.0 Å². The van der Waals surface area contributed by atoms with E-state index in [-0.39, 0.29) is 17.8 Å². The van der Waals surface area contributed by atoms with Gasteiger partial charge in [-0.2, -0.15) is 10.1 Å². The Morgan fingerprint density at radius 1 is 1.19 bits per heavy atom. The average Bonchev–Trinajstić information content (AvgIpc) is 3.23. The number of halogens is 1. The van der Waals surface area contributed by atoms with Gasteiger partial charge in [-0.25, -0.2) is 9.37 Å². The van der Waals surface area contributed by atoms with Gasteiger partial charge in [0.05, 0.1) is 18.4 Å². The lowest BCUT2D eigenvalue weighted by molar-refractivity contribution is -0.119. The number of likely N-dealkylation sites (N-methyl/N-ethyl adjacent to an activating group) is 1. The Kier molecular flexibility index (Phi) is 4.80. The van der Waals surface area contributed by atoms with Crippen LogP contribution in [0.1, 0.15) is 30.2 Å². The van der Waals surface area contributed by atoms with Gasteiger partial charge < -0.3 is 15.1 Å². The van der Waals surface area contributed by atoms with Gasteiger partial charge in [-0.1, -0.05) is 12.1 Å². The molecule has 0 saturated heterocycles. The predicted octanol–water partition coefficient (Wildman–Crippen LogP) is 2.59. The van der Waals surface area contributed by atoms with Crippen molar-refractivity contribution in [3.63, 3.8) is 0 Å². The number of carbonyl (C=O) groups is 1. The number of anilines is 3. The Balaban J connectivity index is 1.32. The minimum absolute atomic E-state index is 0.105. The molecule has 9 heteroatoms. The maximum atomic E-state index is 13.1. The fourth-order valence-electron chi connectivity index (χ4n) is 4.12. The van der Waals surface area contributed by atoms with Crippen molar-refractivity contribution < 1.29 is 9.18 Å². The summed E-state index contributed by atoms with van der Waals surface area (Å²) in [5.41, 5.74) is 3.75. The number of carbonyl (C=O) groups excluding carboxylic acids is 1. The lowest BCUT2D eigenvalue weighted by atomic mass is 10.0. The molecule has 3 aromatic rings. The first-order valence-corrected chi connectivity index (χ1v) is 10.4. The van der Waals surface area contributed by atoms with Crippen LogP contribution in [0.5, 0.6) is 0 Å². The largest absolute Gasteiger partial charge is 0.350 e. The van der Waals surface area contributed by atoms with Crippen LogP contribution in [0.25, 0.3) is 0 Å². The van der Waals surface area contributed by atoms with E-state index in [1.807, 2.05) is 34.6 Å². The number of amides is 1. The smallest absolute Gasteiger partial charge is 0.249 e. The van der Waals surface area contributed by atoms with E-state index in [2.05, 4.69) is 10.4 Å². The molecule has 1 unspecified atom stereocenters. The zero-order chi connectivity index (χ0) is 21.5. The number of hydrogen-bond acceptors (Lipinski definition) is 6. The summed E-state index contributed by atoms with van der Waals surface area (Å²) in [5.74, 6) is 1.21. The van der Waals surface area contributed by atoms with E-state index in [4.69, 9.17) is 9.97 Å². The second-order valence-electron chi connectivity index (χ2n) is 8.07. The van der Waals surface area contributed by atoms with Gasteiger partial charge in [0.25, 0.3) is 0 Å². The van der Waals surface area contributed by atoms with Gasteiger partial charge in [-0.3, -0.25) is 9.48 Å². The van der Waals surface area contributed by atoms with E-state index in [0.717, 1.165) is 47.7 Å². The summed E-state index contributed by atoms with van der Waals surface area (Å²) in [6.07, 6.45) is 5.49. The van der Waals surface area contributed by atoms with Crippen molar-refractivity contribution in [1.82, 2.24) is 19.7 Å². The van der Waals surface area contributed by atoms with Crippen LogP contribution in [0.2, 0.25) is 0 Å². The van der Waals surface area contributed by atoms with E-state index < -0.39 is 0 Å². The van der Waals surface area contributed by atoms with Gasteiger partial charge >= 0.3 is 0 Å². The summed E-state index contributed by atoms with van der Waals surface area (Å²) in [6, 6.07) is 6.17. The van der Waals surface area contributed by atoms with E-state index in [1.165, 1.54) is 12.1 Å². The summed E-state index contributed by atoms with van der Waals surface area (Å²) < 4.78 is 14.9. The molecule has 2 aliphatic rings. The lowest BCUT2D eigenvalue weighted by Gasteiger charge is -2.41. The highest BCUT2D eigenvalue weighted by Crippen LogP contribution is 2.39. The molecule has 0 radical (unpaired) electrons. The van der Waals surface area contributed by atoms with Gasteiger partial charge in [0.15, 0.2) is 5.82 Å². The van der Waals surface area contributed by atoms with Crippen molar-refractivity contribution in [2.45, 2.75) is 38.9 Å². The van der Waals surface area contributed by atoms with Crippen LogP contribution in [0.15, 0.2) is 36.7 Å². The van der Waals surface area contributed by atoms with Crippen molar-refractivity contribution in [3.8, 4) is 0 Å². The Hall–Kier alpha value is -3.49. The van der Waals surface area contributed by atoms with Gasteiger partial charge in [-0.05, 0) is 37.5 Å². The molecule has 1 amide bonds. The van der Waals surface area contributed by atoms with Crippen LogP contribution in [0.4, 0.5) is 21.8 Å². The molecule has 31 heavy (non-hydrogen) atoms. The molecule has 4 heterocycles. The minimum atomic E-state index is -0.245. The second kappa shape index (κ2) is 7.64. The summed E-state index contributed by atoms with van der Waals surface area (Å²) in [5, 5.41) is 7.69. The van der Waals surface area contributed by atoms with Crippen LogP contribution in [0.3, 0.4) is 0 Å². The molecule has 0 aliphatic carbocycles. The third-order valence-corrected chi connectivity index (χ3v) is 5.94. The lowest BCUT2D eigenvalue weighted by Crippen LogP contribution is -2.53. The highest BCUT2D eigenvalue weighted by atomic mass is 19.1. The van der Waals surface area contributed by atoms with Crippen LogP contribution >= 0.6 is 0 Å². The summed E-state index contributed by atoms with van der Waals surface area (Å²) in [7, 11) is 1.90. The molecule has 2 aliphatic heterocycles. The van der Waals surface area contributed by atoms with Crippen molar-refractivity contribution in [2.75, 3.05) is 28.7 Å². The molecule has 1 N–H and O–H groups in total. The highest BCUT2D eigenvalue weighted by Gasteiger charge is 2.38. The molecular formula is C22H24FN7O. The van der Waals surface area contributed by atoms with Crippen molar-refractivity contribution in [3.05, 3.63) is 59.3 Å². The molecule has 2 aromatic heterocycles. The first-order chi connectivity index (χ1) is 15.0. The zero-order valence-electron chi connectivity index (χ0n) is 17.5. The highest BCUT2D eigenvalue weighted by molar-refractivity contribution is 6.05. The predicted molar refractivity (Wildman–Crippen MR) is 116 cm³/mol. The number of aryl methyl sites for hydroxylation is 1. The van der Waals surface area contributed by atoms with Gasteiger partial charge in [-0.15, -0.1) is 0 Å². The SMILES string of the molecule is CC1C(=O)N2CCCc3nc(NCc4cnn(Cc5ccc(F)cc5)c4)nc(c32)N1C. The number of aromatic nitrogens is 4. The summed E-state index contributed by atoms with van der Waals surface area (Å²) >= 11 is 0. The van der Waals surface area contributed by atoms with Crippen LogP contribution < -0.4 is 15.1 Å². The van der Waals surface area contributed by atoms with Gasteiger partial charge in [0, 0.05) is 31.9 Å². The maximum absolute atomic E-state index is 13.1. The Labute approximate surface area is 179 Å². The Bertz CT molecular complexity index is 1130. The van der Waals surface area contributed by atoms with E-state index in [9.17, 15) is 9.18 Å². The fourth-order valence-corrected chi connectivity index (χ4v) is 4.12. The number of hydrogen-bond donors (Lipinski definition) is 1. The third kappa shape index (κ3) is 3.60. The fraction of sp³-hybridized carbons (Fsp3) is 0.364. The monoisotopic (exact) mass is 421 g/mol. The molecule has 1 atom stereocenters. The molecular weight excluding hydrogens is 397 g/mol. The number of rotatable bonds is 5. The summed E-state index contributed by atoms with van der Waals surface area (Å²) in [4.78, 5) is 25.8. The molecule has 0 fully saturated rings. The van der Waals surface area contributed by atoms with Crippen LogP contribution in [-0.4, -0.2) is 45.3 Å². The Morgan fingerprint density at radius 2 is 2.00 bits per heavy atom. The number of nitrogens with one attached hydrogen (secondary N) is 1. The molecule has 5 rings (SSSR count). The van der Waals surface area contributed by atoms with Crippen LogP contribution in [0, 0.1) is 5.82 Å². The van der Waals surface area contributed by atoms with Gasteiger partial charge in [0.2, 0.25) is 11.9 Å². The van der Waals surface area contributed by atoms with Crippen LogP contribution in [-0.2, 0) is 24.3 Å². The van der Waals surface area contributed by atoms with Gasteiger partial charge in [0.1, 0.15) is 17.5 Å². The molecule has 8 nitrogen and oxygen atoms in total. The maximum Gasteiger partial charge on any atom is 0.249 e. The molecule has 0 spiro atoms.